The van der Waals surface area contributed by atoms with Crippen molar-refractivity contribution in [2.45, 2.75) is 31.0 Å². The predicted octanol–water partition coefficient (Wildman–Crippen LogP) is 5.23. The number of nitrogens with zero attached hydrogens (tertiary/aromatic N) is 3. The van der Waals surface area contributed by atoms with Crippen LogP contribution in [0.25, 0.3) is 6.08 Å². The van der Waals surface area contributed by atoms with Gasteiger partial charge in [0.25, 0.3) is 0 Å². The molecule has 1 atom stereocenters. The van der Waals surface area contributed by atoms with E-state index >= 15 is 0 Å². The van der Waals surface area contributed by atoms with Gasteiger partial charge in [-0.25, -0.2) is 9.97 Å². The molecule has 5 heteroatoms. The lowest BCUT2D eigenvalue weighted by atomic mass is 9.99. The summed E-state index contributed by atoms with van der Waals surface area (Å²) in [6.45, 7) is 3.16. The molecule has 1 aliphatic rings. The first-order chi connectivity index (χ1) is 11.2. The quantitative estimate of drug-likeness (QED) is 0.421. The molecule has 1 unspecified atom stereocenters. The van der Waals surface area contributed by atoms with Gasteiger partial charge in [0.15, 0.2) is 5.16 Å². The third kappa shape index (κ3) is 3.38. The maximum absolute atomic E-state index is 6.38. The molecule has 2 heterocycles. The fourth-order valence-electron chi connectivity index (χ4n) is 2.80. The molecule has 120 valence electrons. The van der Waals surface area contributed by atoms with Gasteiger partial charge in [-0.05, 0) is 24.3 Å². The number of hydrogen-bond donors (Lipinski definition) is 0. The third-order valence-corrected chi connectivity index (χ3v) is 4.82. The van der Waals surface area contributed by atoms with Gasteiger partial charge in [-0.1, -0.05) is 73.1 Å². The maximum atomic E-state index is 6.38. The summed E-state index contributed by atoms with van der Waals surface area (Å²) in [5.41, 5.74) is 2.19. The molecule has 1 aliphatic heterocycles. The summed E-state index contributed by atoms with van der Waals surface area (Å²) in [4.78, 5) is 11.5. The second kappa shape index (κ2) is 7.37. The molecular formula is C18H20ClN3S. The van der Waals surface area contributed by atoms with Gasteiger partial charge in [0, 0.05) is 6.54 Å². The van der Waals surface area contributed by atoms with Crippen LogP contribution in [0.1, 0.15) is 36.9 Å². The molecule has 0 N–H and O–H groups in total. The Kier molecular flexibility index (Phi) is 5.23. The summed E-state index contributed by atoms with van der Waals surface area (Å²) >= 11 is 7.90. The lowest BCUT2D eigenvalue weighted by Gasteiger charge is -2.35. The Bertz CT molecular complexity index is 703. The van der Waals surface area contributed by atoms with Crippen LogP contribution in [0, 0.1) is 0 Å². The summed E-state index contributed by atoms with van der Waals surface area (Å²) in [6.07, 6.45) is 8.49. The lowest BCUT2D eigenvalue weighted by molar-refractivity contribution is 0.653. The van der Waals surface area contributed by atoms with Gasteiger partial charge in [0.1, 0.15) is 11.0 Å². The fraction of sp³-hybridized carbons (Fsp3) is 0.333. The zero-order valence-corrected chi connectivity index (χ0v) is 14.9. The number of rotatable bonds is 5. The minimum absolute atomic E-state index is 0.191. The highest BCUT2D eigenvalue weighted by molar-refractivity contribution is 7.98. The van der Waals surface area contributed by atoms with Gasteiger partial charge in [0.05, 0.1) is 11.6 Å². The van der Waals surface area contributed by atoms with E-state index in [9.17, 15) is 0 Å². The van der Waals surface area contributed by atoms with E-state index in [1.165, 1.54) is 17.3 Å². The third-order valence-electron chi connectivity index (χ3n) is 3.99. The van der Waals surface area contributed by atoms with Crippen molar-refractivity contribution < 1.29 is 0 Å². The molecule has 0 saturated carbocycles. The first kappa shape index (κ1) is 16.3. The number of unbranched alkanes of at least 4 members (excludes halogenated alkanes) is 1. The average molecular weight is 346 g/mol. The zero-order chi connectivity index (χ0) is 16.2. The summed E-state index contributed by atoms with van der Waals surface area (Å²) in [6, 6.07) is 10.7. The molecule has 3 nitrogen and oxygen atoms in total. The number of aromatic nitrogens is 2. The molecule has 0 radical (unpaired) electrons. The normalized spacial score (nSPS) is 16.5. The van der Waals surface area contributed by atoms with E-state index < -0.39 is 0 Å². The summed E-state index contributed by atoms with van der Waals surface area (Å²) in [5, 5.41) is 1.25. The Labute approximate surface area is 146 Å². The van der Waals surface area contributed by atoms with Crippen molar-refractivity contribution in [3.63, 3.8) is 0 Å². The Morgan fingerprint density at radius 1 is 1.22 bits per heavy atom. The highest BCUT2D eigenvalue weighted by Gasteiger charge is 2.27. The maximum Gasteiger partial charge on any atom is 0.190 e. The fourth-order valence-corrected chi connectivity index (χ4v) is 3.44. The number of anilines is 1. The largest absolute Gasteiger partial charge is 0.345 e. The van der Waals surface area contributed by atoms with Crippen molar-refractivity contribution in [3.05, 3.63) is 52.7 Å². The van der Waals surface area contributed by atoms with Gasteiger partial charge in [-0.2, -0.15) is 0 Å². The molecule has 1 aromatic carbocycles. The van der Waals surface area contributed by atoms with Crippen molar-refractivity contribution in [2.24, 2.45) is 0 Å². The van der Waals surface area contributed by atoms with Crippen molar-refractivity contribution >= 4 is 35.3 Å². The Morgan fingerprint density at radius 2 is 2.00 bits per heavy atom. The summed E-state index contributed by atoms with van der Waals surface area (Å²) in [5.74, 6) is 0.944. The van der Waals surface area contributed by atoms with E-state index in [0.29, 0.717) is 5.15 Å². The van der Waals surface area contributed by atoms with Crippen molar-refractivity contribution in [1.82, 2.24) is 9.97 Å². The topological polar surface area (TPSA) is 29.0 Å². The minimum atomic E-state index is 0.191. The van der Waals surface area contributed by atoms with Gasteiger partial charge in [-0.15, -0.1) is 0 Å². The number of fused-ring (bicyclic) bond motifs is 1. The number of benzene rings is 1. The van der Waals surface area contributed by atoms with E-state index in [4.69, 9.17) is 16.6 Å². The van der Waals surface area contributed by atoms with Crippen molar-refractivity contribution in [3.8, 4) is 0 Å². The first-order valence-corrected chi connectivity index (χ1v) is 9.46. The number of thioether (sulfide) groups is 1. The number of halogens is 1. The second-order valence-electron chi connectivity index (χ2n) is 5.50. The van der Waals surface area contributed by atoms with Crippen LogP contribution in [-0.2, 0) is 0 Å². The number of hydrogen-bond acceptors (Lipinski definition) is 4. The monoisotopic (exact) mass is 345 g/mol. The lowest BCUT2D eigenvalue weighted by Crippen LogP contribution is -2.32. The van der Waals surface area contributed by atoms with E-state index in [0.717, 1.165) is 35.9 Å². The van der Waals surface area contributed by atoms with Gasteiger partial charge < -0.3 is 4.90 Å². The predicted molar refractivity (Wildman–Crippen MR) is 99.3 cm³/mol. The zero-order valence-electron chi connectivity index (χ0n) is 13.4. The molecule has 2 aromatic rings. The van der Waals surface area contributed by atoms with Crippen LogP contribution in [0.3, 0.4) is 0 Å². The molecule has 0 fully saturated rings. The van der Waals surface area contributed by atoms with E-state index in [2.05, 4.69) is 53.2 Å². The molecule has 3 rings (SSSR count). The second-order valence-corrected chi connectivity index (χ2v) is 6.63. The Balaban J connectivity index is 2.07. The van der Waals surface area contributed by atoms with E-state index in [1.54, 1.807) is 0 Å². The smallest absolute Gasteiger partial charge is 0.190 e. The summed E-state index contributed by atoms with van der Waals surface area (Å²) in [7, 11) is 0. The Morgan fingerprint density at radius 3 is 2.70 bits per heavy atom. The van der Waals surface area contributed by atoms with E-state index in [-0.39, 0.29) is 6.04 Å². The molecule has 0 amide bonds. The minimum Gasteiger partial charge on any atom is -0.345 e. The molecule has 23 heavy (non-hydrogen) atoms. The van der Waals surface area contributed by atoms with Crippen LogP contribution in [-0.4, -0.2) is 22.8 Å². The van der Waals surface area contributed by atoms with Gasteiger partial charge in [0.2, 0.25) is 0 Å². The summed E-state index contributed by atoms with van der Waals surface area (Å²) < 4.78 is 0. The molecule has 1 aromatic heterocycles. The molecule has 0 aliphatic carbocycles. The highest BCUT2D eigenvalue weighted by atomic mass is 35.5. The van der Waals surface area contributed by atoms with Crippen LogP contribution < -0.4 is 4.90 Å². The Hall–Kier alpha value is -1.52. The van der Waals surface area contributed by atoms with Crippen molar-refractivity contribution in [1.29, 1.82) is 0 Å². The van der Waals surface area contributed by atoms with Crippen LogP contribution in [0.15, 0.2) is 41.6 Å². The van der Waals surface area contributed by atoms with Crippen LogP contribution in [0.5, 0.6) is 0 Å². The van der Waals surface area contributed by atoms with Crippen LogP contribution >= 0.6 is 23.4 Å². The standard InChI is InChI=1S/C18H20ClN3S/c1-3-4-12-22-15(13-8-6-5-7-9-13)11-10-14-16(19)20-18(23-2)21-17(14)22/h5-11,15H,3-4,12H2,1-2H3. The average Bonchev–Trinajstić information content (AvgIpc) is 2.60. The van der Waals surface area contributed by atoms with Crippen LogP contribution in [0.4, 0.5) is 5.82 Å². The first-order valence-electron chi connectivity index (χ1n) is 7.86. The molecule has 0 bridgehead atoms. The van der Waals surface area contributed by atoms with Gasteiger partial charge >= 0.3 is 0 Å². The van der Waals surface area contributed by atoms with Crippen LogP contribution in [0.2, 0.25) is 5.15 Å². The molecular weight excluding hydrogens is 326 g/mol. The molecule has 0 spiro atoms. The van der Waals surface area contributed by atoms with Crippen molar-refractivity contribution in [2.75, 3.05) is 17.7 Å². The SMILES string of the molecule is CCCCN1c2nc(SC)nc(Cl)c2C=CC1c1ccccc1. The van der Waals surface area contributed by atoms with E-state index in [1.807, 2.05) is 12.3 Å². The molecule has 0 saturated heterocycles. The van der Waals surface area contributed by atoms with Gasteiger partial charge in [-0.3, -0.25) is 0 Å². The highest BCUT2D eigenvalue weighted by Crippen LogP contribution is 2.38.